The molecule has 0 radical (unpaired) electrons. The van der Waals surface area contributed by atoms with Gasteiger partial charge in [-0.15, -0.1) is 0 Å². The van der Waals surface area contributed by atoms with Gasteiger partial charge in [-0.05, 0) is 5.37 Å². The van der Waals surface area contributed by atoms with E-state index >= 15 is 0 Å². The Morgan fingerprint density at radius 1 is 1.50 bits per heavy atom. The summed E-state index contributed by atoms with van der Waals surface area (Å²) in [5.41, 5.74) is 0. The predicted octanol–water partition coefficient (Wildman–Crippen LogP) is 1.23. The molecule has 10 heavy (non-hydrogen) atoms. The number of nitrogens with one attached hydrogen (secondary N) is 1. The molecule has 1 amide bonds. The molecule has 2 aliphatic rings. The van der Waals surface area contributed by atoms with E-state index in [1.54, 1.807) is 0 Å². The molecule has 2 nitrogen and oxygen atoms in total. The van der Waals surface area contributed by atoms with Crippen LogP contribution in [0, 0.1) is 0 Å². The van der Waals surface area contributed by atoms with Crippen LogP contribution < -0.4 is 5.32 Å². The summed E-state index contributed by atoms with van der Waals surface area (Å²) in [5.74, 6) is 0. The van der Waals surface area contributed by atoms with Crippen LogP contribution in [-0.4, -0.2) is 17.2 Å². The lowest BCUT2D eigenvalue weighted by Gasteiger charge is -1.98. The third kappa shape index (κ3) is 0.743. The highest BCUT2D eigenvalue weighted by Gasteiger charge is 2.19. The van der Waals surface area contributed by atoms with Crippen LogP contribution in [0.15, 0.2) is 23.1 Å². The summed E-state index contributed by atoms with van der Waals surface area (Å²) >= 11 is 0. The fourth-order valence-electron chi connectivity index (χ4n) is 1.00. The van der Waals surface area contributed by atoms with Crippen molar-refractivity contribution in [2.75, 3.05) is 6.54 Å². The summed E-state index contributed by atoms with van der Waals surface area (Å²) in [6.07, 6.45) is 5.91. The number of carbonyl (C=O) groups is 1. The average molecular weight is 153 g/mol. The lowest BCUT2D eigenvalue weighted by Crippen LogP contribution is -2.10. The van der Waals surface area contributed by atoms with E-state index in [1.165, 1.54) is 4.91 Å². The Hall–Kier alpha value is -0.830. The summed E-state index contributed by atoms with van der Waals surface area (Å²) in [6, 6.07) is 0. The summed E-state index contributed by atoms with van der Waals surface area (Å²) < 4.78 is 0. The zero-order chi connectivity index (χ0) is 6.97. The second-order valence-corrected chi connectivity index (χ2v) is 3.98. The van der Waals surface area contributed by atoms with E-state index < -0.39 is 0 Å². The maximum atomic E-state index is 11.0. The van der Waals surface area contributed by atoms with Crippen LogP contribution in [0.25, 0.3) is 0 Å². The van der Waals surface area contributed by atoms with Crippen molar-refractivity contribution in [3.8, 4) is 0 Å². The van der Waals surface area contributed by atoms with Gasteiger partial charge in [0, 0.05) is 11.4 Å². The van der Waals surface area contributed by atoms with Crippen LogP contribution in [0.1, 0.15) is 0 Å². The molecule has 0 bridgehead atoms. The summed E-state index contributed by atoms with van der Waals surface area (Å²) in [4.78, 5) is 12.2. The highest BCUT2D eigenvalue weighted by atomic mass is 32.2. The molecule has 2 rings (SSSR count). The molecule has 2 heterocycles. The molecule has 0 saturated carbocycles. The van der Waals surface area contributed by atoms with Crippen molar-refractivity contribution in [1.29, 1.82) is 0 Å². The van der Waals surface area contributed by atoms with Gasteiger partial charge in [0.25, 0.3) is 5.24 Å². The van der Waals surface area contributed by atoms with E-state index in [0.717, 1.165) is 6.54 Å². The van der Waals surface area contributed by atoms with Crippen LogP contribution >= 0.6 is 10.5 Å². The van der Waals surface area contributed by atoms with E-state index in [9.17, 15) is 4.79 Å². The molecular weight excluding hydrogens is 146 g/mol. The molecule has 1 fully saturated rings. The van der Waals surface area contributed by atoms with E-state index in [0.29, 0.717) is 0 Å². The second-order valence-electron chi connectivity index (χ2n) is 2.13. The van der Waals surface area contributed by atoms with Gasteiger partial charge < -0.3 is 5.32 Å². The normalized spacial score (nSPS) is 28.6. The fraction of sp³-hybridized carbons (Fsp3) is 0.143. The predicted molar refractivity (Wildman–Crippen MR) is 44.3 cm³/mol. The van der Waals surface area contributed by atoms with Gasteiger partial charge in [-0.1, -0.05) is 28.7 Å². The molecule has 3 heteroatoms. The number of rotatable bonds is 0. The number of allylic oxidation sites excluding steroid dienone is 3. The van der Waals surface area contributed by atoms with Crippen LogP contribution in [0.4, 0.5) is 4.79 Å². The Morgan fingerprint density at radius 3 is 3.20 bits per heavy atom. The quantitative estimate of drug-likeness (QED) is 0.521. The summed E-state index contributed by atoms with van der Waals surface area (Å²) in [5, 5.41) is 4.91. The zero-order valence-corrected chi connectivity index (χ0v) is 6.15. The molecule has 1 unspecified atom stereocenters. The molecule has 0 aromatic heterocycles. The minimum absolute atomic E-state index is 0.163. The Kier molecular flexibility index (Phi) is 1.24. The smallest absolute Gasteiger partial charge is 0.278 e. The van der Waals surface area contributed by atoms with Crippen molar-refractivity contribution in [3.63, 3.8) is 0 Å². The van der Waals surface area contributed by atoms with Crippen LogP contribution in [-0.2, 0) is 0 Å². The van der Waals surface area contributed by atoms with Gasteiger partial charge in [0.2, 0.25) is 0 Å². The molecule has 0 spiro atoms. The maximum Gasteiger partial charge on any atom is 0.278 e. The molecule has 2 aliphatic heterocycles. The largest absolute Gasteiger partial charge is 0.343 e. The fourth-order valence-corrected chi connectivity index (χ4v) is 2.47. The molecule has 1 N–H and O–H groups in total. The van der Waals surface area contributed by atoms with E-state index in [2.05, 4.69) is 5.32 Å². The average Bonchev–Trinajstić information content (AvgIpc) is 2.34. The zero-order valence-electron chi connectivity index (χ0n) is 5.33. The lowest BCUT2D eigenvalue weighted by molar-refractivity contribution is 0.262. The number of hydrogen-bond acceptors (Lipinski definition) is 1. The molecular formula is C7H7NOS. The molecule has 1 saturated heterocycles. The Balaban J connectivity index is 2.50. The summed E-state index contributed by atoms with van der Waals surface area (Å²) in [7, 11) is -0.231. The lowest BCUT2D eigenvalue weighted by atomic mass is 10.4. The Morgan fingerprint density at radius 2 is 2.40 bits per heavy atom. The van der Waals surface area contributed by atoms with E-state index in [-0.39, 0.29) is 15.7 Å². The first-order chi connectivity index (χ1) is 4.88. The van der Waals surface area contributed by atoms with Crippen molar-refractivity contribution in [2.45, 2.75) is 0 Å². The SMILES string of the molecule is O=C1NCC2=CC=CC=S12. The highest BCUT2D eigenvalue weighted by Crippen LogP contribution is 2.31. The van der Waals surface area contributed by atoms with Crippen molar-refractivity contribution >= 4 is 21.1 Å². The Labute approximate surface area is 61.5 Å². The van der Waals surface area contributed by atoms with Crippen LogP contribution in [0.2, 0.25) is 0 Å². The Bertz CT molecular complexity index is 275. The standard InChI is InChI=1S/C7H7NOS/c9-7-8-5-6-3-1-2-4-10(6)7/h1-4H,5H2,(H,8,9). The van der Waals surface area contributed by atoms with Crippen molar-refractivity contribution in [1.82, 2.24) is 5.32 Å². The first-order valence-electron chi connectivity index (χ1n) is 3.09. The van der Waals surface area contributed by atoms with E-state index in [4.69, 9.17) is 0 Å². The number of carbonyl (C=O) groups excluding carboxylic acids is 1. The number of fused-ring (bicyclic) bond motifs is 1. The molecule has 1 atom stereocenters. The van der Waals surface area contributed by atoms with Gasteiger partial charge in [-0.25, -0.2) is 0 Å². The van der Waals surface area contributed by atoms with Crippen molar-refractivity contribution in [2.24, 2.45) is 0 Å². The van der Waals surface area contributed by atoms with Gasteiger partial charge in [0.05, 0.1) is 0 Å². The molecule has 0 aliphatic carbocycles. The minimum Gasteiger partial charge on any atom is -0.343 e. The van der Waals surface area contributed by atoms with Crippen LogP contribution in [0.3, 0.4) is 0 Å². The third-order valence-electron chi connectivity index (χ3n) is 1.50. The van der Waals surface area contributed by atoms with E-state index in [1.807, 2.05) is 23.6 Å². The molecule has 0 aromatic carbocycles. The second kappa shape index (κ2) is 2.09. The van der Waals surface area contributed by atoms with Gasteiger partial charge in [-0.3, -0.25) is 4.79 Å². The maximum absolute atomic E-state index is 11.0. The number of amides is 1. The topological polar surface area (TPSA) is 29.1 Å². The first kappa shape index (κ1) is 5.92. The third-order valence-corrected chi connectivity index (χ3v) is 3.32. The molecule has 0 aromatic rings. The monoisotopic (exact) mass is 153 g/mol. The van der Waals surface area contributed by atoms with Gasteiger partial charge in [0.15, 0.2) is 0 Å². The van der Waals surface area contributed by atoms with Crippen molar-refractivity contribution in [3.05, 3.63) is 23.1 Å². The van der Waals surface area contributed by atoms with Gasteiger partial charge in [0.1, 0.15) is 0 Å². The molecule has 52 valence electrons. The minimum atomic E-state index is -0.231. The number of hydrogen-bond donors (Lipinski definition) is 1. The van der Waals surface area contributed by atoms with Gasteiger partial charge >= 0.3 is 0 Å². The van der Waals surface area contributed by atoms with Crippen molar-refractivity contribution < 1.29 is 4.79 Å². The highest BCUT2D eigenvalue weighted by molar-refractivity contribution is 8.31. The first-order valence-corrected chi connectivity index (χ1v) is 4.38. The summed E-state index contributed by atoms with van der Waals surface area (Å²) in [6.45, 7) is 0.739. The van der Waals surface area contributed by atoms with Crippen LogP contribution in [0.5, 0.6) is 0 Å². The van der Waals surface area contributed by atoms with Gasteiger partial charge in [-0.2, -0.15) is 0 Å².